The van der Waals surface area contributed by atoms with Gasteiger partial charge >= 0.3 is 11.8 Å². The van der Waals surface area contributed by atoms with Crippen LogP contribution in [0.4, 0.5) is 5.69 Å². The molecule has 0 heterocycles. The highest BCUT2D eigenvalue weighted by Crippen LogP contribution is 2.27. The van der Waals surface area contributed by atoms with Crippen molar-refractivity contribution in [3.05, 3.63) is 53.6 Å². The minimum atomic E-state index is -0.860. The number of hydrazone groups is 1. The van der Waals surface area contributed by atoms with E-state index in [2.05, 4.69) is 29.7 Å². The van der Waals surface area contributed by atoms with Gasteiger partial charge < -0.3 is 14.8 Å². The first-order valence-corrected chi connectivity index (χ1v) is 8.91. The minimum absolute atomic E-state index is 0.396. The van der Waals surface area contributed by atoms with Crippen LogP contribution in [0.5, 0.6) is 11.5 Å². The molecule has 0 aliphatic carbocycles. The van der Waals surface area contributed by atoms with E-state index in [-0.39, 0.29) is 0 Å². The van der Waals surface area contributed by atoms with Gasteiger partial charge in [0.05, 0.1) is 19.9 Å². The summed E-state index contributed by atoms with van der Waals surface area (Å²) >= 11 is 0. The number of carbonyl (C=O) groups is 2. The first-order valence-electron chi connectivity index (χ1n) is 8.91. The van der Waals surface area contributed by atoms with E-state index in [1.165, 1.54) is 6.21 Å². The van der Waals surface area contributed by atoms with Crippen molar-refractivity contribution in [2.24, 2.45) is 11.0 Å². The number of ether oxygens (including phenoxy) is 2. The zero-order chi connectivity index (χ0) is 20.5. The number of methoxy groups -OCH3 is 1. The smallest absolute Gasteiger partial charge is 0.329 e. The quantitative estimate of drug-likeness (QED) is 0.437. The SMILES string of the molecule is COc1cc(/C=N\NC(=O)C(=O)Nc2ccc(C)cc2)ccc1OCC(C)C. The maximum Gasteiger partial charge on any atom is 0.329 e. The Kier molecular flexibility index (Phi) is 7.56. The summed E-state index contributed by atoms with van der Waals surface area (Å²) in [6.45, 7) is 6.64. The molecule has 0 atom stereocenters. The van der Waals surface area contributed by atoms with Gasteiger partial charge in [0, 0.05) is 5.69 Å². The molecule has 7 nitrogen and oxygen atoms in total. The summed E-state index contributed by atoms with van der Waals surface area (Å²) in [6.07, 6.45) is 1.42. The van der Waals surface area contributed by atoms with Crippen molar-refractivity contribution in [2.75, 3.05) is 19.0 Å². The molecule has 2 aromatic carbocycles. The van der Waals surface area contributed by atoms with Crippen molar-refractivity contribution in [3.63, 3.8) is 0 Å². The molecule has 0 radical (unpaired) electrons. The zero-order valence-electron chi connectivity index (χ0n) is 16.5. The van der Waals surface area contributed by atoms with Crippen molar-refractivity contribution in [1.29, 1.82) is 0 Å². The standard InChI is InChI=1S/C21H25N3O4/c1-14(2)13-28-18-10-7-16(11-19(18)27-4)12-22-24-21(26)20(25)23-17-8-5-15(3)6-9-17/h5-12,14H,13H2,1-4H3,(H,23,25)(H,24,26)/b22-12-. The Hall–Kier alpha value is -3.35. The lowest BCUT2D eigenvalue weighted by atomic mass is 10.2. The summed E-state index contributed by atoms with van der Waals surface area (Å²) in [5.41, 5.74) is 4.49. The molecule has 28 heavy (non-hydrogen) atoms. The summed E-state index contributed by atoms with van der Waals surface area (Å²) in [7, 11) is 1.55. The predicted octanol–water partition coefficient (Wildman–Crippen LogP) is 3.13. The third-order valence-corrected chi connectivity index (χ3v) is 3.66. The van der Waals surface area contributed by atoms with Gasteiger partial charge in [-0.25, -0.2) is 5.43 Å². The molecule has 0 aliphatic rings. The van der Waals surface area contributed by atoms with E-state index in [1.54, 1.807) is 37.4 Å². The van der Waals surface area contributed by atoms with Gasteiger partial charge in [0.25, 0.3) is 0 Å². The summed E-state index contributed by atoms with van der Waals surface area (Å²) in [6, 6.07) is 12.4. The number of benzene rings is 2. The van der Waals surface area contributed by atoms with Gasteiger partial charge in [-0.1, -0.05) is 31.5 Å². The normalized spacial score (nSPS) is 10.8. The average molecular weight is 383 g/mol. The topological polar surface area (TPSA) is 89.0 Å². The second kappa shape index (κ2) is 10.1. The second-order valence-electron chi connectivity index (χ2n) is 6.63. The van der Waals surface area contributed by atoms with E-state index in [0.29, 0.717) is 35.3 Å². The largest absolute Gasteiger partial charge is 0.493 e. The van der Waals surface area contributed by atoms with Crippen molar-refractivity contribution in [3.8, 4) is 11.5 Å². The molecule has 2 rings (SSSR count). The molecule has 0 unspecified atom stereocenters. The van der Waals surface area contributed by atoms with Crippen LogP contribution in [-0.4, -0.2) is 31.7 Å². The van der Waals surface area contributed by atoms with Crippen LogP contribution in [0.3, 0.4) is 0 Å². The average Bonchev–Trinajstić information content (AvgIpc) is 2.68. The monoisotopic (exact) mass is 383 g/mol. The zero-order valence-corrected chi connectivity index (χ0v) is 16.5. The number of hydrogen-bond acceptors (Lipinski definition) is 5. The number of rotatable bonds is 7. The van der Waals surface area contributed by atoms with Gasteiger partial charge in [0.2, 0.25) is 0 Å². The van der Waals surface area contributed by atoms with E-state index in [1.807, 2.05) is 19.1 Å². The molecule has 2 aromatic rings. The number of anilines is 1. The minimum Gasteiger partial charge on any atom is -0.493 e. The lowest BCUT2D eigenvalue weighted by Gasteiger charge is -2.12. The van der Waals surface area contributed by atoms with Crippen LogP contribution in [0.25, 0.3) is 0 Å². The molecule has 148 valence electrons. The van der Waals surface area contributed by atoms with Gasteiger partial charge in [0.1, 0.15) is 0 Å². The number of aryl methyl sites for hydroxylation is 1. The van der Waals surface area contributed by atoms with Crippen LogP contribution in [0, 0.1) is 12.8 Å². The highest BCUT2D eigenvalue weighted by molar-refractivity contribution is 6.39. The van der Waals surface area contributed by atoms with Crippen LogP contribution < -0.4 is 20.2 Å². The molecular weight excluding hydrogens is 358 g/mol. The van der Waals surface area contributed by atoms with E-state index in [0.717, 1.165) is 5.56 Å². The van der Waals surface area contributed by atoms with Crippen LogP contribution in [-0.2, 0) is 9.59 Å². The van der Waals surface area contributed by atoms with Crippen LogP contribution in [0.1, 0.15) is 25.0 Å². The third kappa shape index (κ3) is 6.42. The number of nitrogens with one attached hydrogen (secondary N) is 2. The van der Waals surface area contributed by atoms with Gasteiger partial charge in [-0.3, -0.25) is 9.59 Å². The van der Waals surface area contributed by atoms with Crippen molar-refractivity contribution >= 4 is 23.7 Å². The van der Waals surface area contributed by atoms with Gasteiger partial charge in [-0.05, 0) is 48.7 Å². The van der Waals surface area contributed by atoms with E-state index >= 15 is 0 Å². The molecule has 0 aromatic heterocycles. The number of hydrogen-bond donors (Lipinski definition) is 2. The van der Waals surface area contributed by atoms with Gasteiger partial charge in [-0.2, -0.15) is 5.10 Å². The van der Waals surface area contributed by atoms with Crippen LogP contribution in [0.2, 0.25) is 0 Å². The molecule has 0 saturated heterocycles. The fourth-order valence-corrected chi connectivity index (χ4v) is 2.18. The predicted molar refractivity (Wildman–Crippen MR) is 109 cm³/mol. The van der Waals surface area contributed by atoms with Crippen molar-refractivity contribution < 1.29 is 19.1 Å². The lowest BCUT2D eigenvalue weighted by molar-refractivity contribution is -0.136. The maximum atomic E-state index is 11.9. The molecule has 2 amide bonds. The summed E-state index contributed by atoms with van der Waals surface area (Å²) in [4.78, 5) is 23.7. The summed E-state index contributed by atoms with van der Waals surface area (Å²) in [5, 5.41) is 6.32. The fraction of sp³-hybridized carbons (Fsp3) is 0.286. The van der Waals surface area contributed by atoms with Crippen LogP contribution >= 0.6 is 0 Å². The number of nitrogens with zero attached hydrogens (tertiary/aromatic N) is 1. The molecule has 2 N–H and O–H groups in total. The number of carbonyl (C=O) groups excluding carboxylic acids is 2. The fourth-order valence-electron chi connectivity index (χ4n) is 2.18. The summed E-state index contributed by atoms with van der Waals surface area (Å²) < 4.78 is 11.0. The van der Waals surface area contributed by atoms with Gasteiger partial charge in [0.15, 0.2) is 11.5 Å². The first-order chi connectivity index (χ1) is 13.4. The molecular formula is C21H25N3O4. The highest BCUT2D eigenvalue weighted by Gasteiger charge is 2.12. The Morgan fingerprint density at radius 3 is 2.43 bits per heavy atom. The Morgan fingerprint density at radius 1 is 1.07 bits per heavy atom. The van der Waals surface area contributed by atoms with E-state index in [9.17, 15) is 9.59 Å². The maximum absolute atomic E-state index is 11.9. The summed E-state index contributed by atoms with van der Waals surface area (Å²) in [5.74, 6) is -0.0631. The Balaban J connectivity index is 1.92. The second-order valence-corrected chi connectivity index (χ2v) is 6.63. The molecule has 7 heteroatoms. The molecule has 0 fully saturated rings. The van der Waals surface area contributed by atoms with Crippen molar-refractivity contribution in [2.45, 2.75) is 20.8 Å². The molecule has 0 aliphatic heterocycles. The molecule has 0 spiro atoms. The molecule has 0 saturated carbocycles. The van der Waals surface area contributed by atoms with Crippen molar-refractivity contribution in [1.82, 2.24) is 5.43 Å². The van der Waals surface area contributed by atoms with Crippen LogP contribution in [0.15, 0.2) is 47.6 Å². The van der Waals surface area contributed by atoms with E-state index < -0.39 is 11.8 Å². The molecule has 0 bridgehead atoms. The Bertz CT molecular complexity index is 845. The van der Waals surface area contributed by atoms with Gasteiger partial charge in [-0.15, -0.1) is 0 Å². The lowest BCUT2D eigenvalue weighted by Crippen LogP contribution is -2.32. The first kappa shape index (κ1) is 21.0. The van der Waals surface area contributed by atoms with E-state index in [4.69, 9.17) is 9.47 Å². The Morgan fingerprint density at radius 2 is 1.79 bits per heavy atom. The number of amides is 2. The highest BCUT2D eigenvalue weighted by atomic mass is 16.5. The Labute approximate surface area is 164 Å². The third-order valence-electron chi connectivity index (χ3n) is 3.66.